The van der Waals surface area contributed by atoms with E-state index in [4.69, 9.17) is 14.2 Å². The maximum absolute atomic E-state index is 13.6. The molecule has 2 heterocycles. The van der Waals surface area contributed by atoms with Crippen LogP contribution in [-0.2, 0) is 32.0 Å². The summed E-state index contributed by atoms with van der Waals surface area (Å²) in [6.45, 7) is 10.6. The van der Waals surface area contributed by atoms with Crippen LogP contribution in [0.25, 0.3) is 10.9 Å². The van der Waals surface area contributed by atoms with E-state index in [2.05, 4.69) is 5.32 Å². The second kappa shape index (κ2) is 12.6. The van der Waals surface area contributed by atoms with Gasteiger partial charge in [0.2, 0.25) is 0 Å². The van der Waals surface area contributed by atoms with Gasteiger partial charge in [-0.05, 0) is 70.9 Å². The van der Waals surface area contributed by atoms with E-state index in [1.54, 1.807) is 65.9 Å². The molecular formula is C33H37N3O7. The standard InChI is InChI=1S/C33H37N3O7/c1-32(2,3)42-29(38)27(19-23-20-36(31(40)43-33(4,5)6)26-17-11-10-15-24(23)26)35-18-12-16-25(28(35)37)34-30(39)41-21-22-13-8-7-9-14-22/h7-18,20,27H,19,21H2,1-6H3,(H,34,39)/t27-/m0/s1. The van der Waals surface area contributed by atoms with Crippen LogP contribution >= 0.6 is 0 Å². The van der Waals surface area contributed by atoms with Crippen LogP contribution in [0.2, 0.25) is 0 Å². The SMILES string of the molecule is CC(C)(C)OC(=O)[C@H](Cc1cn(C(=O)OC(C)(C)C)c2ccccc12)n1cccc(NC(=O)OCc2ccccc2)c1=O. The fourth-order valence-corrected chi connectivity index (χ4v) is 4.47. The average molecular weight is 588 g/mol. The van der Waals surface area contributed by atoms with Gasteiger partial charge in [0.05, 0.1) is 5.52 Å². The fraction of sp³-hybridized carbons (Fsp3) is 0.333. The van der Waals surface area contributed by atoms with Crippen LogP contribution in [0.15, 0.2) is 83.9 Å². The Kier molecular flexibility index (Phi) is 9.08. The van der Waals surface area contributed by atoms with Gasteiger partial charge >= 0.3 is 18.2 Å². The second-order valence-electron chi connectivity index (χ2n) is 12.1. The van der Waals surface area contributed by atoms with Crippen LogP contribution in [0, 0.1) is 0 Å². The number of pyridine rings is 1. The highest BCUT2D eigenvalue weighted by Crippen LogP contribution is 2.28. The third-order valence-corrected chi connectivity index (χ3v) is 6.24. The molecule has 43 heavy (non-hydrogen) atoms. The van der Waals surface area contributed by atoms with E-state index in [9.17, 15) is 19.2 Å². The number of hydrogen-bond acceptors (Lipinski definition) is 7. The van der Waals surface area contributed by atoms with Gasteiger partial charge < -0.3 is 14.2 Å². The third-order valence-electron chi connectivity index (χ3n) is 6.24. The van der Waals surface area contributed by atoms with Crippen LogP contribution < -0.4 is 10.9 Å². The number of carbonyl (C=O) groups is 3. The van der Waals surface area contributed by atoms with Crippen LogP contribution in [0.3, 0.4) is 0 Å². The number of fused-ring (bicyclic) bond motifs is 1. The number of hydrogen-bond donors (Lipinski definition) is 1. The maximum atomic E-state index is 13.6. The van der Waals surface area contributed by atoms with E-state index in [-0.39, 0.29) is 18.7 Å². The van der Waals surface area contributed by atoms with Gasteiger partial charge in [0.1, 0.15) is 29.5 Å². The smallest absolute Gasteiger partial charge is 0.419 e. The van der Waals surface area contributed by atoms with E-state index in [1.165, 1.54) is 21.4 Å². The number of esters is 1. The lowest BCUT2D eigenvalue weighted by atomic mass is 10.0. The predicted octanol–water partition coefficient (Wildman–Crippen LogP) is 6.46. The molecule has 10 heteroatoms. The van der Waals surface area contributed by atoms with Crippen LogP contribution in [0.1, 0.15) is 58.7 Å². The largest absolute Gasteiger partial charge is 0.458 e. The lowest BCUT2D eigenvalue weighted by Gasteiger charge is -2.25. The van der Waals surface area contributed by atoms with Gasteiger partial charge in [0, 0.05) is 24.2 Å². The normalized spacial score (nSPS) is 12.4. The predicted molar refractivity (Wildman–Crippen MR) is 163 cm³/mol. The van der Waals surface area contributed by atoms with Crippen molar-refractivity contribution < 1.29 is 28.6 Å². The van der Waals surface area contributed by atoms with Crippen molar-refractivity contribution in [1.82, 2.24) is 9.13 Å². The molecule has 0 saturated carbocycles. The van der Waals surface area contributed by atoms with Crippen molar-refractivity contribution in [1.29, 1.82) is 0 Å². The van der Waals surface area contributed by atoms with Crippen molar-refractivity contribution in [3.8, 4) is 0 Å². The minimum absolute atomic E-state index is 0.0209. The number of nitrogens with zero attached hydrogens (tertiary/aromatic N) is 2. The van der Waals surface area contributed by atoms with E-state index < -0.39 is 41.0 Å². The molecular weight excluding hydrogens is 550 g/mol. The summed E-state index contributed by atoms with van der Waals surface area (Å²) in [5.41, 5.74) is -0.219. The molecule has 1 atom stereocenters. The van der Waals surface area contributed by atoms with Gasteiger partial charge in [-0.3, -0.25) is 19.2 Å². The number of anilines is 1. The van der Waals surface area contributed by atoms with E-state index in [1.807, 2.05) is 42.5 Å². The highest BCUT2D eigenvalue weighted by molar-refractivity contribution is 5.92. The van der Waals surface area contributed by atoms with Gasteiger partial charge in [-0.15, -0.1) is 0 Å². The van der Waals surface area contributed by atoms with E-state index in [0.717, 1.165) is 5.56 Å². The molecule has 0 saturated heterocycles. The van der Waals surface area contributed by atoms with E-state index >= 15 is 0 Å². The Morgan fingerprint density at radius 3 is 2.16 bits per heavy atom. The molecule has 4 rings (SSSR count). The number of carbonyl (C=O) groups excluding carboxylic acids is 3. The van der Waals surface area contributed by atoms with Crippen LogP contribution in [-0.4, -0.2) is 38.5 Å². The molecule has 10 nitrogen and oxygen atoms in total. The zero-order chi connectivity index (χ0) is 31.4. The van der Waals surface area contributed by atoms with Crippen molar-refractivity contribution in [3.05, 3.63) is 101 Å². The number of rotatable bonds is 7. The molecule has 0 fully saturated rings. The first-order chi connectivity index (χ1) is 20.2. The summed E-state index contributed by atoms with van der Waals surface area (Å²) >= 11 is 0. The molecule has 0 aliphatic carbocycles. The molecule has 0 radical (unpaired) electrons. The number of nitrogens with one attached hydrogen (secondary N) is 1. The Morgan fingerprint density at radius 2 is 1.49 bits per heavy atom. The Labute approximate surface area is 250 Å². The number of amides is 1. The van der Waals surface area contributed by atoms with Crippen LogP contribution in [0.4, 0.5) is 15.3 Å². The molecule has 0 bridgehead atoms. The molecule has 2 aromatic carbocycles. The summed E-state index contributed by atoms with van der Waals surface area (Å²) in [7, 11) is 0. The molecule has 0 spiro atoms. The first kappa shape index (κ1) is 31.1. The Bertz CT molecular complexity index is 1670. The second-order valence-corrected chi connectivity index (χ2v) is 12.1. The summed E-state index contributed by atoms with van der Waals surface area (Å²) in [4.78, 5) is 52.8. The number of aromatic nitrogens is 2. The van der Waals surface area contributed by atoms with Crippen molar-refractivity contribution in [2.24, 2.45) is 0 Å². The van der Waals surface area contributed by atoms with Gasteiger partial charge in [0.25, 0.3) is 5.56 Å². The molecule has 0 unspecified atom stereocenters. The van der Waals surface area contributed by atoms with Crippen molar-refractivity contribution in [2.45, 2.75) is 71.8 Å². The van der Waals surface area contributed by atoms with Gasteiger partial charge in [-0.2, -0.15) is 0 Å². The number of benzene rings is 2. The fourth-order valence-electron chi connectivity index (χ4n) is 4.47. The summed E-state index contributed by atoms with van der Waals surface area (Å²) in [5, 5.41) is 3.20. The lowest BCUT2D eigenvalue weighted by molar-refractivity contribution is -0.159. The Morgan fingerprint density at radius 1 is 0.837 bits per heavy atom. The molecule has 2 aromatic heterocycles. The molecule has 0 aliphatic heterocycles. The highest BCUT2D eigenvalue weighted by atomic mass is 16.6. The zero-order valence-electron chi connectivity index (χ0n) is 25.2. The molecule has 1 N–H and O–H groups in total. The number of ether oxygens (including phenoxy) is 3. The Balaban J connectivity index is 1.68. The van der Waals surface area contributed by atoms with Crippen LogP contribution in [0.5, 0.6) is 0 Å². The van der Waals surface area contributed by atoms with Gasteiger partial charge in [-0.25, -0.2) is 14.4 Å². The number of para-hydroxylation sites is 1. The molecule has 0 aliphatic rings. The third kappa shape index (κ3) is 8.12. The van der Waals surface area contributed by atoms with E-state index in [0.29, 0.717) is 16.5 Å². The Hall–Kier alpha value is -4.86. The highest BCUT2D eigenvalue weighted by Gasteiger charge is 2.30. The molecule has 1 amide bonds. The summed E-state index contributed by atoms with van der Waals surface area (Å²) in [6.07, 6.45) is 1.72. The lowest BCUT2D eigenvalue weighted by Crippen LogP contribution is -2.37. The van der Waals surface area contributed by atoms with Gasteiger partial charge in [0.15, 0.2) is 0 Å². The first-order valence-corrected chi connectivity index (χ1v) is 14.0. The molecule has 226 valence electrons. The summed E-state index contributed by atoms with van der Waals surface area (Å²) in [5.74, 6) is -0.646. The van der Waals surface area contributed by atoms with Crippen molar-refractivity contribution in [3.63, 3.8) is 0 Å². The quantitative estimate of drug-likeness (QED) is 0.195. The monoisotopic (exact) mass is 587 g/mol. The van der Waals surface area contributed by atoms with Gasteiger partial charge in [-0.1, -0.05) is 48.5 Å². The molecule has 4 aromatic rings. The van der Waals surface area contributed by atoms with Crippen molar-refractivity contribution >= 4 is 34.7 Å². The average Bonchev–Trinajstić information content (AvgIpc) is 3.29. The zero-order valence-corrected chi connectivity index (χ0v) is 25.2. The first-order valence-electron chi connectivity index (χ1n) is 14.0. The topological polar surface area (TPSA) is 118 Å². The summed E-state index contributed by atoms with van der Waals surface area (Å²) < 4.78 is 19.2. The minimum Gasteiger partial charge on any atom is -0.458 e. The summed E-state index contributed by atoms with van der Waals surface area (Å²) in [6, 6.07) is 18.2. The maximum Gasteiger partial charge on any atom is 0.419 e. The van der Waals surface area contributed by atoms with Crippen molar-refractivity contribution in [2.75, 3.05) is 5.32 Å². The minimum atomic E-state index is -1.12.